The average molecular weight is 741 g/mol. The number of nitrogens with zero attached hydrogens (tertiary/aromatic N) is 1. The molecule has 0 radical (unpaired) electrons. The number of phenols is 1. The highest BCUT2D eigenvalue weighted by Gasteiger charge is 2.31. The number of fused-ring (bicyclic) bond motifs is 9. The Morgan fingerprint density at radius 1 is 0.377 bits per heavy atom. The minimum Gasteiger partial charge on any atom is -0.507 e. The third kappa shape index (κ3) is 5.03. The van der Waals surface area contributed by atoms with Crippen LogP contribution in [0.2, 0.25) is 0 Å². The van der Waals surface area contributed by atoms with Crippen LogP contribution in [-0.2, 0) is 0 Å². The highest BCUT2D eigenvalue weighted by Crippen LogP contribution is 2.41. The van der Waals surface area contributed by atoms with E-state index in [0.717, 1.165) is 18.2 Å². The van der Waals surface area contributed by atoms with Gasteiger partial charge < -0.3 is 20.1 Å². The number of hydrogen-bond acceptors (Lipinski definition) is 2. The van der Waals surface area contributed by atoms with Gasteiger partial charge in [0.2, 0.25) is 11.6 Å². The molecular formula is C37H15F11N4O. The van der Waals surface area contributed by atoms with Gasteiger partial charge in [0.25, 0.3) is 0 Å². The van der Waals surface area contributed by atoms with Gasteiger partial charge >= 0.3 is 0 Å². The molecule has 0 aliphatic carbocycles. The van der Waals surface area contributed by atoms with Gasteiger partial charge in [0, 0.05) is 49.8 Å². The molecule has 1 aliphatic heterocycles. The largest absolute Gasteiger partial charge is 0.507 e. The van der Waals surface area contributed by atoms with E-state index in [9.17, 15) is 35.8 Å². The fourth-order valence-corrected chi connectivity index (χ4v) is 6.32. The summed E-state index contributed by atoms with van der Waals surface area (Å²) in [7, 11) is 0. The van der Waals surface area contributed by atoms with E-state index in [1.807, 2.05) is 0 Å². The molecule has 4 aromatic heterocycles. The van der Waals surface area contributed by atoms with E-state index in [4.69, 9.17) is 0 Å². The Labute approximate surface area is 287 Å². The van der Waals surface area contributed by atoms with Crippen molar-refractivity contribution in [1.82, 2.24) is 19.9 Å². The van der Waals surface area contributed by atoms with Crippen molar-refractivity contribution in [1.29, 1.82) is 0 Å². The molecule has 7 aromatic rings. The molecule has 16 heteroatoms. The van der Waals surface area contributed by atoms with Gasteiger partial charge in [-0.05, 0) is 66.7 Å². The van der Waals surface area contributed by atoms with Gasteiger partial charge in [-0.1, -0.05) is 0 Å². The van der Waals surface area contributed by atoms with Gasteiger partial charge in [-0.2, -0.15) is 0 Å². The van der Waals surface area contributed by atoms with Crippen LogP contribution in [0.4, 0.5) is 48.3 Å². The van der Waals surface area contributed by atoms with Crippen molar-refractivity contribution in [3.8, 4) is 39.1 Å². The summed E-state index contributed by atoms with van der Waals surface area (Å²) in [4.78, 5) is 12.7. The van der Waals surface area contributed by atoms with Crippen LogP contribution in [0.5, 0.6) is 5.75 Å². The average Bonchev–Trinajstić information content (AvgIpc) is 3.98. The smallest absolute Gasteiger partial charge is 0.200 e. The van der Waals surface area contributed by atoms with E-state index >= 15 is 17.6 Å². The van der Waals surface area contributed by atoms with Gasteiger partial charge in [0.05, 0.1) is 28.0 Å². The summed E-state index contributed by atoms with van der Waals surface area (Å²) in [5.74, 6) is -23.9. The van der Waals surface area contributed by atoms with Crippen LogP contribution in [0, 0.1) is 64.0 Å². The van der Waals surface area contributed by atoms with Crippen molar-refractivity contribution >= 4 is 45.3 Å². The van der Waals surface area contributed by atoms with Crippen LogP contribution in [-0.4, -0.2) is 25.0 Å². The van der Waals surface area contributed by atoms with Crippen LogP contribution in [0.25, 0.3) is 78.6 Å². The molecule has 0 spiro atoms. The molecule has 266 valence electrons. The summed E-state index contributed by atoms with van der Waals surface area (Å²) in [6, 6.07) is 10.2. The first-order valence-corrected chi connectivity index (χ1v) is 15.1. The molecule has 8 bridgehead atoms. The van der Waals surface area contributed by atoms with Crippen molar-refractivity contribution in [2.24, 2.45) is 0 Å². The number of aromatic hydroxyl groups is 1. The minimum atomic E-state index is -2.41. The number of nitrogens with one attached hydrogen (secondary N) is 3. The molecule has 0 saturated carbocycles. The molecule has 0 amide bonds. The first-order chi connectivity index (χ1) is 25.3. The second kappa shape index (κ2) is 12.0. The van der Waals surface area contributed by atoms with Crippen LogP contribution < -0.4 is 0 Å². The predicted molar refractivity (Wildman–Crippen MR) is 173 cm³/mol. The monoisotopic (exact) mass is 740 g/mol. The Morgan fingerprint density at radius 3 is 1.26 bits per heavy atom. The quantitative estimate of drug-likeness (QED) is 0.0827. The van der Waals surface area contributed by atoms with Crippen LogP contribution in [0.1, 0.15) is 11.4 Å². The second-order valence-corrected chi connectivity index (χ2v) is 11.7. The second-order valence-electron chi connectivity index (χ2n) is 11.7. The van der Waals surface area contributed by atoms with Gasteiger partial charge in [0.15, 0.2) is 46.5 Å². The lowest BCUT2D eigenvalue weighted by atomic mass is 10.0. The van der Waals surface area contributed by atoms with Crippen LogP contribution >= 0.6 is 0 Å². The minimum absolute atomic E-state index is 0.0233. The Kier molecular flexibility index (Phi) is 7.60. The van der Waals surface area contributed by atoms with Gasteiger partial charge in [0.1, 0.15) is 11.6 Å². The summed E-state index contributed by atoms with van der Waals surface area (Å²) in [5, 5.41) is 10.9. The zero-order valence-electron chi connectivity index (χ0n) is 25.9. The van der Waals surface area contributed by atoms with Crippen molar-refractivity contribution in [2.45, 2.75) is 0 Å². The highest BCUT2D eigenvalue weighted by molar-refractivity contribution is 6.01. The number of benzene rings is 3. The standard InChI is InChI=1S/C37H15F11N4O/c38-12-1-10-22(53)13(11-12)23-16-6-8-20(51-16)24(26-28(39)32(43)36(47)33(44)29(26)40)18-4-2-14(49-18)15-3-5-19(50-15)25(21-9-7-17(23)52-21)27-30(41)34(45)37(48)35(46)31(27)42/h1-11,49,51-53H. The molecular weight excluding hydrogens is 725 g/mol. The number of H-pyrrole nitrogens is 3. The van der Waals surface area contributed by atoms with Gasteiger partial charge in [-0.15, -0.1) is 0 Å². The summed E-state index contributed by atoms with van der Waals surface area (Å²) >= 11 is 0. The zero-order valence-corrected chi connectivity index (χ0v) is 25.9. The Hall–Kier alpha value is -6.58. The molecule has 0 unspecified atom stereocenters. The van der Waals surface area contributed by atoms with Crippen molar-refractivity contribution in [3.63, 3.8) is 0 Å². The molecule has 5 heterocycles. The Bertz CT molecular complexity index is 2830. The maximum atomic E-state index is 15.5. The summed E-state index contributed by atoms with van der Waals surface area (Å²) in [6.45, 7) is 0. The number of aromatic nitrogens is 4. The zero-order chi connectivity index (χ0) is 37.6. The highest BCUT2D eigenvalue weighted by atomic mass is 19.2. The van der Waals surface area contributed by atoms with Crippen LogP contribution in [0.3, 0.4) is 0 Å². The molecule has 0 saturated heterocycles. The molecule has 0 fully saturated rings. The van der Waals surface area contributed by atoms with E-state index in [-0.39, 0.29) is 55.6 Å². The topological polar surface area (TPSA) is 80.5 Å². The van der Waals surface area contributed by atoms with Gasteiger partial charge in [-0.25, -0.2) is 53.3 Å². The van der Waals surface area contributed by atoms with Gasteiger partial charge in [-0.3, -0.25) is 0 Å². The number of halogens is 11. The summed E-state index contributed by atoms with van der Waals surface area (Å²) < 4.78 is 163. The van der Waals surface area contributed by atoms with E-state index < -0.39 is 92.0 Å². The number of aromatic amines is 3. The number of hydrogen-bond donors (Lipinski definition) is 4. The van der Waals surface area contributed by atoms with Crippen LogP contribution in [0.15, 0.2) is 54.6 Å². The molecule has 3 aromatic carbocycles. The first kappa shape index (κ1) is 33.6. The molecule has 4 N–H and O–H groups in total. The molecule has 1 aliphatic rings. The maximum Gasteiger partial charge on any atom is 0.200 e. The normalized spacial score (nSPS) is 12.1. The third-order valence-corrected chi connectivity index (χ3v) is 8.72. The number of phenolic OH excluding ortho intramolecular Hbond substituents is 1. The predicted octanol–water partition coefficient (Wildman–Crippen LogP) is 10.9. The van der Waals surface area contributed by atoms with Crippen molar-refractivity contribution in [3.05, 3.63) is 130 Å². The number of rotatable bonds is 3. The lowest BCUT2D eigenvalue weighted by Crippen LogP contribution is -2.05. The van der Waals surface area contributed by atoms with Crippen molar-refractivity contribution < 1.29 is 53.4 Å². The fourth-order valence-electron chi connectivity index (χ4n) is 6.32. The van der Waals surface area contributed by atoms with E-state index in [0.29, 0.717) is 0 Å². The first-order valence-electron chi connectivity index (χ1n) is 15.1. The lowest BCUT2D eigenvalue weighted by molar-refractivity contribution is 0.381. The Morgan fingerprint density at radius 2 is 0.755 bits per heavy atom. The maximum absolute atomic E-state index is 15.5. The summed E-state index contributed by atoms with van der Waals surface area (Å²) in [6.07, 6.45) is 2.43. The Balaban J connectivity index is 1.62. The van der Waals surface area contributed by atoms with E-state index in [1.165, 1.54) is 48.6 Å². The molecule has 5 nitrogen and oxygen atoms in total. The molecule has 8 rings (SSSR count). The summed E-state index contributed by atoms with van der Waals surface area (Å²) in [5.41, 5.74) is -5.60. The van der Waals surface area contributed by atoms with E-state index in [2.05, 4.69) is 19.9 Å². The van der Waals surface area contributed by atoms with E-state index in [1.54, 1.807) is 0 Å². The lowest BCUT2D eigenvalue weighted by Gasteiger charge is -2.10. The molecule has 53 heavy (non-hydrogen) atoms. The van der Waals surface area contributed by atoms with Crippen molar-refractivity contribution in [2.75, 3.05) is 0 Å². The third-order valence-electron chi connectivity index (χ3n) is 8.72. The molecule has 0 atom stereocenters. The fraction of sp³-hybridized carbons (Fsp3) is 0. The SMILES string of the molecule is Oc1ccc(F)cc1-c1c2ccc([nH]2)c(-c2c(F)c(F)c(F)c(F)c2F)c2nc(c3ccc([nH]3)c(-c3c(F)c(F)c(F)c(F)c3F)c3ccc1[nH]3)C=C2.